The molecule has 0 aliphatic carbocycles. The Labute approximate surface area is 184 Å². The van der Waals surface area contributed by atoms with Crippen LogP contribution >= 0.6 is 0 Å². The zero-order valence-electron chi connectivity index (χ0n) is 19.2. The van der Waals surface area contributed by atoms with Gasteiger partial charge in [-0.05, 0) is 57.9 Å². The summed E-state index contributed by atoms with van der Waals surface area (Å²) >= 11 is 0. The van der Waals surface area contributed by atoms with E-state index in [2.05, 4.69) is 5.32 Å². The van der Waals surface area contributed by atoms with Gasteiger partial charge in [-0.3, -0.25) is 9.59 Å². The molecule has 2 amide bonds. The van der Waals surface area contributed by atoms with Crippen molar-refractivity contribution in [2.24, 2.45) is 0 Å². The number of aryl methyl sites for hydroxylation is 2. The van der Waals surface area contributed by atoms with Crippen molar-refractivity contribution < 1.29 is 23.8 Å². The fourth-order valence-electron chi connectivity index (χ4n) is 3.21. The SMILES string of the molecule is CCOc1cc(C(=O)N(C)CC(=O)Nc2c(C)cccc2C)cc(OCC)c1OCC. The van der Waals surface area contributed by atoms with Gasteiger partial charge in [0.2, 0.25) is 11.7 Å². The highest BCUT2D eigenvalue weighted by molar-refractivity contribution is 6.00. The lowest BCUT2D eigenvalue weighted by atomic mass is 10.1. The van der Waals surface area contributed by atoms with Gasteiger partial charge in [0.15, 0.2) is 11.5 Å². The quantitative estimate of drug-likeness (QED) is 0.613. The number of hydrogen-bond donors (Lipinski definition) is 1. The van der Waals surface area contributed by atoms with E-state index < -0.39 is 0 Å². The molecule has 31 heavy (non-hydrogen) atoms. The smallest absolute Gasteiger partial charge is 0.254 e. The number of carbonyl (C=O) groups excluding carboxylic acids is 2. The molecular weight excluding hydrogens is 396 g/mol. The van der Waals surface area contributed by atoms with Crippen LogP contribution in [0.3, 0.4) is 0 Å². The van der Waals surface area contributed by atoms with E-state index in [0.29, 0.717) is 42.6 Å². The van der Waals surface area contributed by atoms with Gasteiger partial charge in [-0.25, -0.2) is 0 Å². The lowest BCUT2D eigenvalue weighted by Gasteiger charge is -2.20. The minimum absolute atomic E-state index is 0.0895. The van der Waals surface area contributed by atoms with Gasteiger partial charge in [-0.15, -0.1) is 0 Å². The van der Waals surface area contributed by atoms with Gasteiger partial charge in [-0.2, -0.15) is 0 Å². The molecule has 168 valence electrons. The maximum absolute atomic E-state index is 13.0. The summed E-state index contributed by atoms with van der Waals surface area (Å²) in [5.41, 5.74) is 3.07. The molecule has 0 bridgehead atoms. The molecule has 7 nitrogen and oxygen atoms in total. The lowest BCUT2D eigenvalue weighted by Crippen LogP contribution is -2.35. The van der Waals surface area contributed by atoms with Gasteiger partial charge in [-0.1, -0.05) is 18.2 Å². The van der Waals surface area contributed by atoms with E-state index in [1.165, 1.54) is 4.90 Å². The predicted octanol–water partition coefficient (Wildman–Crippen LogP) is 4.21. The highest BCUT2D eigenvalue weighted by atomic mass is 16.5. The number of anilines is 1. The van der Waals surface area contributed by atoms with Crippen molar-refractivity contribution in [1.29, 1.82) is 0 Å². The Hall–Kier alpha value is -3.22. The largest absolute Gasteiger partial charge is 0.490 e. The highest BCUT2D eigenvalue weighted by Gasteiger charge is 2.22. The Bertz CT molecular complexity index is 879. The molecule has 2 aromatic carbocycles. The second-order valence-corrected chi connectivity index (χ2v) is 7.08. The number of carbonyl (C=O) groups is 2. The normalized spacial score (nSPS) is 10.4. The van der Waals surface area contributed by atoms with E-state index in [-0.39, 0.29) is 18.4 Å². The molecule has 0 fully saturated rings. The summed E-state index contributed by atoms with van der Waals surface area (Å²) in [5.74, 6) is 0.758. The molecule has 7 heteroatoms. The van der Waals surface area contributed by atoms with Crippen molar-refractivity contribution in [2.45, 2.75) is 34.6 Å². The third-order valence-electron chi connectivity index (χ3n) is 4.63. The van der Waals surface area contributed by atoms with Crippen LogP contribution < -0.4 is 19.5 Å². The van der Waals surface area contributed by atoms with Crippen LogP contribution in [0, 0.1) is 13.8 Å². The number of benzene rings is 2. The number of ether oxygens (including phenoxy) is 3. The third kappa shape index (κ3) is 6.13. The summed E-state index contributed by atoms with van der Waals surface area (Å²) in [6, 6.07) is 9.05. The first kappa shape index (κ1) is 24.1. The second kappa shape index (κ2) is 11.2. The van der Waals surface area contributed by atoms with E-state index in [9.17, 15) is 9.59 Å². The molecule has 0 aliphatic rings. The van der Waals surface area contributed by atoms with Gasteiger partial charge < -0.3 is 24.4 Å². The fraction of sp³-hybridized carbons (Fsp3) is 0.417. The Balaban J connectivity index is 2.23. The van der Waals surface area contributed by atoms with Gasteiger partial charge in [0, 0.05) is 18.3 Å². The number of likely N-dealkylation sites (N-methyl/N-ethyl adjacent to an activating group) is 1. The second-order valence-electron chi connectivity index (χ2n) is 7.08. The lowest BCUT2D eigenvalue weighted by molar-refractivity contribution is -0.116. The number of amides is 2. The zero-order chi connectivity index (χ0) is 23.0. The van der Waals surface area contributed by atoms with Crippen molar-refractivity contribution >= 4 is 17.5 Å². The van der Waals surface area contributed by atoms with Crippen LogP contribution in [0.5, 0.6) is 17.2 Å². The van der Waals surface area contributed by atoms with Crippen LogP contribution in [0.25, 0.3) is 0 Å². The molecule has 2 aromatic rings. The van der Waals surface area contributed by atoms with Crippen molar-refractivity contribution in [2.75, 3.05) is 38.7 Å². The minimum Gasteiger partial charge on any atom is -0.490 e. The number of hydrogen-bond acceptors (Lipinski definition) is 5. The van der Waals surface area contributed by atoms with Crippen molar-refractivity contribution in [3.05, 3.63) is 47.0 Å². The van der Waals surface area contributed by atoms with Crippen LogP contribution in [0.1, 0.15) is 42.3 Å². The first-order valence-corrected chi connectivity index (χ1v) is 10.5. The fourth-order valence-corrected chi connectivity index (χ4v) is 3.21. The Morgan fingerprint density at radius 1 is 0.903 bits per heavy atom. The summed E-state index contributed by atoms with van der Waals surface area (Å²) in [5, 5.41) is 2.90. The molecule has 0 heterocycles. The van der Waals surface area contributed by atoms with E-state index >= 15 is 0 Å². The van der Waals surface area contributed by atoms with Crippen molar-refractivity contribution in [3.8, 4) is 17.2 Å². The zero-order valence-corrected chi connectivity index (χ0v) is 19.2. The first-order chi connectivity index (χ1) is 14.8. The van der Waals surface area contributed by atoms with E-state index in [0.717, 1.165) is 16.8 Å². The molecule has 0 saturated heterocycles. The third-order valence-corrected chi connectivity index (χ3v) is 4.63. The molecule has 0 atom stereocenters. The maximum Gasteiger partial charge on any atom is 0.254 e. The molecule has 0 saturated carbocycles. The molecule has 1 N–H and O–H groups in total. The average Bonchev–Trinajstić information content (AvgIpc) is 2.72. The maximum atomic E-state index is 13.0. The molecule has 0 aliphatic heterocycles. The van der Waals surface area contributed by atoms with Crippen LogP contribution in [-0.2, 0) is 4.79 Å². The van der Waals surface area contributed by atoms with Crippen LogP contribution in [0.2, 0.25) is 0 Å². The van der Waals surface area contributed by atoms with Crippen molar-refractivity contribution in [3.63, 3.8) is 0 Å². The highest BCUT2D eigenvalue weighted by Crippen LogP contribution is 2.39. The van der Waals surface area contributed by atoms with Gasteiger partial charge in [0.25, 0.3) is 5.91 Å². The molecule has 0 unspecified atom stereocenters. The van der Waals surface area contributed by atoms with Crippen molar-refractivity contribution in [1.82, 2.24) is 4.90 Å². The average molecular weight is 429 g/mol. The summed E-state index contributed by atoms with van der Waals surface area (Å²) < 4.78 is 17.0. The number of para-hydroxylation sites is 1. The number of rotatable bonds is 10. The van der Waals surface area contributed by atoms with Crippen LogP contribution in [0.15, 0.2) is 30.3 Å². The van der Waals surface area contributed by atoms with E-state index in [1.807, 2.05) is 52.8 Å². The van der Waals surface area contributed by atoms with E-state index in [4.69, 9.17) is 14.2 Å². The summed E-state index contributed by atoms with van der Waals surface area (Å²) in [4.78, 5) is 27.0. The van der Waals surface area contributed by atoms with Crippen LogP contribution in [0.4, 0.5) is 5.69 Å². The monoisotopic (exact) mass is 428 g/mol. The molecular formula is C24H32N2O5. The topological polar surface area (TPSA) is 77.1 Å². The molecule has 2 rings (SSSR count). The number of nitrogens with zero attached hydrogens (tertiary/aromatic N) is 1. The summed E-state index contributed by atoms with van der Waals surface area (Å²) in [7, 11) is 1.59. The predicted molar refractivity (Wildman–Crippen MR) is 121 cm³/mol. The summed E-state index contributed by atoms with van der Waals surface area (Å²) in [6.07, 6.45) is 0. The number of nitrogens with one attached hydrogen (secondary N) is 1. The Morgan fingerprint density at radius 3 is 1.90 bits per heavy atom. The van der Waals surface area contributed by atoms with Gasteiger partial charge in [0.1, 0.15) is 0 Å². The van der Waals surface area contributed by atoms with E-state index in [1.54, 1.807) is 19.2 Å². The van der Waals surface area contributed by atoms with Gasteiger partial charge >= 0.3 is 0 Å². The molecule has 0 aromatic heterocycles. The van der Waals surface area contributed by atoms with Gasteiger partial charge in [0.05, 0.1) is 26.4 Å². The first-order valence-electron chi connectivity index (χ1n) is 10.5. The Kier molecular flexibility index (Phi) is 8.73. The minimum atomic E-state index is -0.318. The standard InChI is InChI=1S/C24H32N2O5/c1-7-29-19-13-18(14-20(30-8-2)23(19)31-9-3)24(28)26(6)15-21(27)25-22-16(4)11-10-12-17(22)5/h10-14H,7-9,15H2,1-6H3,(H,25,27). The molecule has 0 radical (unpaired) electrons. The Morgan fingerprint density at radius 2 is 1.42 bits per heavy atom. The summed E-state index contributed by atoms with van der Waals surface area (Å²) in [6.45, 7) is 10.6. The molecule has 0 spiro atoms. The van der Waals surface area contributed by atoms with Crippen LogP contribution in [-0.4, -0.2) is 50.1 Å².